The number of nitrogens with zero attached hydrogens (tertiary/aromatic N) is 2. The molecule has 2 N–H and O–H groups in total. The predicted octanol–water partition coefficient (Wildman–Crippen LogP) is 4.27. The standard InChI is InChI=1S/C28H36N4O3.2ClH/c1-35-24-11-7-21(8-12-24)20-32-26(33)19-28(30-32)14-17-31(18-15-28)16-13-25(22-5-3-2-4-6-22)29-27(34)23-9-10-23;;/h2-8,11-12,23,25,30H,9-10,13-20H2,1H3,(H,29,34);2*1H/t25-;;/m0../s1. The number of benzene rings is 2. The van der Waals surface area contributed by atoms with Gasteiger partial charge >= 0.3 is 0 Å². The third-order valence-corrected chi connectivity index (χ3v) is 7.68. The quantitative estimate of drug-likeness (QED) is 0.489. The highest BCUT2D eigenvalue weighted by molar-refractivity contribution is 5.85. The summed E-state index contributed by atoms with van der Waals surface area (Å²) < 4.78 is 5.23. The van der Waals surface area contributed by atoms with Crippen molar-refractivity contribution in [1.82, 2.24) is 20.7 Å². The number of hydrazine groups is 1. The van der Waals surface area contributed by atoms with E-state index in [4.69, 9.17) is 4.74 Å². The Bertz CT molecular complexity index is 1030. The molecule has 2 heterocycles. The van der Waals surface area contributed by atoms with Gasteiger partial charge in [-0.2, -0.15) is 0 Å². The fraction of sp³-hybridized carbons (Fsp3) is 0.500. The molecule has 202 valence electrons. The molecule has 0 unspecified atom stereocenters. The Morgan fingerprint density at radius 2 is 1.76 bits per heavy atom. The third-order valence-electron chi connectivity index (χ3n) is 7.68. The summed E-state index contributed by atoms with van der Waals surface area (Å²) in [6.07, 6.45) is 5.38. The number of amides is 2. The molecule has 0 radical (unpaired) electrons. The van der Waals surface area contributed by atoms with Gasteiger partial charge in [-0.15, -0.1) is 24.8 Å². The van der Waals surface area contributed by atoms with E-state index in [0.717, 1.165) is 63.1 Å². The highest BCUT2D eigenvalue weighted by atomic mass is 35.5. The lowest BCUT2D eigenvalue weighted by atomic mass is 9.86. The number of halogens is 2. The van der Waals surface area contributed by atoms with E-state index < -0.39 is 0 Å². The number of nitrogens with one attached hydrogen (secondary N) is 2. The maximum Gasteiger partial charge on any atom is 0.238 e. The Morgan fingerprint density at radius 3 is 2.38 bits per heavy atom. The fourth-order valence-electron chi connectivity index (χ4n) is 5.26. The lowest BCUT2D eigenvalue weighted by Crippen LogP contribution is -2.53. The Balaban J connectivity index is 0.00000190. The van der Waals surface area contributed by atoms with Crippen LogP contribution in [0.3, 0.4) is 0 Å². The molecule has 3 fully saturated rings. The van der Waals surface area contributed by atoms with Crippen molar-refractivity contribution in [3.63, 3.8) is 0 Å². The van der Waals surface area contributed by atoms with Crippen molar-refractivity contribution in [2.45, 2.75) is 56.7 Å². The topological polar surface area (TPSA) is 73.9 Å². The number of rotatable bonds is 9. The number of carbonyl (C=O) groups excluding carboxylic acids is 2. The minimum atomic E-state index is -0.140. The zero-order valence-corrected chi connectivity index (χ0v) is 23.0. The Kier molecular flexibility index (Phi) is 10.2. The van der Waals surface area contributed by atoms with Crippen LogP contribution in [0, 0.1) is 5.92 Å². The molecule has 2 amide bonds. The Hall–Kier alpha value is -2.32. The van der Waals surface area contributed by atoms with E-state index in [9.17, 15) is 9.59 Å². The minimum Gasteiger partial charge on any atom is -0.497 e. The molecule has 1 saturated carbocycles. The van der Waals surface area contributed by atoms with Crippen molar-refractivity contribution in [3.8, 4) is 5.75 Å². The summed E-state index contributed by atoms with van der Waals surface area (Å²) >= 11 is 0. The molecule has 1 aliphatic carbocycles. The molecule has 5 rings (SSSR count). The number of methoxy groups -OCH3 is 1. The number of hydrogen-bond acceptors (Lipinski definition) is 5. The van der Waals surface area contributed by atoms with Crippen LogP contribution in [0.15, 0.2) is 54.6 Å². The summed E-state index contributed by atoms with van der Waals surface area (Å²) in [5, 5.41) is 5.08. The van der Waals surface area contributed by atoms with Crippen LogP contribution < -0.4 is 15.5 Å². The smallest absolute Gasteiger partial charge is 0.238 e. The zero-order chi connectivity index (χ0) is 24.3. The number of likely N-dealkylation sites (tertiary alicyclic amines) is 1. The van der Waals surface area contributed by atoms with Crippen LogP contribution in [0.4, 0.5) is 0 Å². The summed E-state index contributed by atoms with van der Waals surface area (Å²) in [6.45, 7) is 3.40. The fourth-order valence-corrected chi connectivity index (χ4v) is 5.26. The first-order valence-corrected chi connectivity index (χ1v) is 12.8. The van der Waals surface area contributed by atoms with Gasteiger partial charge < -0.3 is 15.0 Å². The average molecular weight is 550 g/mol. The number of ether oxygens (including phenoxy) is 1. The number of piperidine rings is 1. The van der Waals surface area contributed by atoms with Crippen LogP contribution in [0.25, 0.3) is 0 Å². The van der Waals surface area contributed by atoms with Gasteiger partial charge in [-0.05, 0) is 68.5 Å². The largest absolute Gasteiger partial charge is 0.497 e. The zero-order valence-electron chi connectivity index (χ0n) is 21.4. The van der Waals surface area contributed by atoms with Gasteiger partial charge in [-0.3, -0.25) is 14.6 Å². The molecule has 1 spiro atoms. The van der Waals surface area contributed by atoms with Crippen molar-refractivity contribution in [3.05, 3.63) is 65.7 Å². The summed E-state index contributed by atoms with van der Waals surface area (Å²) in [7, 11) is 1.66. The van der Waals surface area contributed by atoms with Gasteiger partial charge in [0.25, 0.3) is 0 Å². The minimum absolute atomic E-state index is 0. The van der Waals surface area contributed by atoms with Crippen LogP contribution in [-0.2, 0) is 16.1 Å². The molecule has 9 heteroatoms. The van der Waals surface area contributed by atoms with E-state index in [-0.39, 0.29) is 54.1 Å². The van der Waals surface area contributed by atoms with Gasteiger partial charge in [-0.25, -0.2) is 5.43 Å². The lowest BCUT2D eigenvalue weighted by Gasteiger charge is -2.39. The molecule has 0 aromatic heterocycles. The average Bonchev–Trinajstić information content (AvgIpc) is 3.69. The first kappa shape index (κ1) is 29.2. The van der Waals surface area contributed by atoms with Crippen molar-refractivity contribution in [2.75, 3.05) is 26.7 Å². The van der Waals surface area contributed by atoms with Gasteiger partial charge in [0.2, 0.25) is 11.8 Å². The summed E-state index contributed by atoms with van der Waals surface area (Å²) in [5.41, 5.74) is 5.68. The van der Waals surface area contributed by atoms with Crippen molar-refractivity contribution in [1.29, 1.82) is 0 Å². The van der Waals surface area contributed by atoms with E-state index >= 15 is 0 Å². The molecule has 3 aliphatic rings. The van der Waals surface area contributed by atoms with E-state index in [1.807, 2.05) is 42.5 Å². The molecule has 2 aliphatic heterocycles. The summed E-state index contributed by atoms with van der Waals surface area (Å²) in [4.78, 5) is 27.7. The van der Waals surface area contributed by atoms with E-state index in [1.54, 1.807) is 12.1 Å². The molecule has 1 atom stereocenters. The predicted molar refractivity (Wildman–Crippen MR) is 149 cm³/mol. The van der Waals surface area contributed by atoms with Gasteiger partial charge in [-0.1, -0.05) is 42.5 Å². The van der Waals surface area contributed by atoms with Crippen molar-refractivity contribution < 1.29 is 14.3 Å². The lowest BCUT2D eigenvalue weighted by molar-refractivity contribution is -0.130. The van der Waals surface area contributed by atoms with Crippen LogP contribution >= 0.6 is 24.8 Å². The normalized spacial score (nSPS) is 19.6. The first-order chi connectivity index (χ1) is 17.0. The van der Waals surface area contributed by atoms with Crippen LogP contribution in [0.1, 0.15) is 55.7 Å². The van der Waals surface area contributed by atoms with Gasteiger partial charge in [0, 0.05) is 24.4 Å². The van der Waals surface area contributed by atoms with E-state index in [1.165, 1.54) is 5.56 Å². The maximum atomic E-state index is 12.8. The molecule has 2 aromatic rings. The monoisotopic (exact) mass is 548 g/mol. The SMILES string of the molecule is COc1ccc(CN2NC3(CCN(CC[C@H](NC(=O)C4CC4)c4ccccc4)CC3)CC2=O)cc1.Cl.Cl. The summed E-state index contributed by atoms with van der Waals surface area (Å²) in [6, 6.07) is 18.2. The van der Waals surface area contributed by atoms with E-state index in [2.05, 4.69) is 27.8 Å². The Morgan fingerprint density at radius 1 is 1.08 bits per heavy atom. The van der Waals surface area contributed by atoms with E-state index in [0.29, 0.717) is 13.0 Å². The van der Waals surface area contributed by atoms with Gasteiger partial charge in [0.05, 0.1) is 19.7 Å². The maximum absolute atomic E-state index is 12.8. The second-order valence-electron chi connectivity index (χ2n) is 10.3. The van der Waals surface area contributed by atoms with Crippen molar-refractivity contribution >= 4 is 36.6 Å². The number of carbonyl (C=O) groups is 2. The van der Waals surface area contributed by atoms with Gasteiger partial charge in [0.1, 0.15) is 5.75 Å². The Labute approximate surface area is 232 Å². The highest BCUT2D eigenvalue weighted by Gasteiger charge is 2.44. The van der Waals surface area contributed by atoms with Crippen LogP contribution in [0.2, 0.25) is 0 Å². The number of hydrogen-bond donors (Lipinski definition) is 2. The van der Waals surface area contributed by atoms with Crippen molar-refractivity contribution in [2.24, 2.45) is 5.92 Å². The molecule has 2 saturated heterocycles. The van der Waals surface area contributed by atoms with Crippen LogP contribution in [0.5, 0.6) is 5.75 Å². The highest BCUT2D eigenvalue weighted by Crippen LogP contribution is 2.33. The molecule has 7 nitrogen and oxygen atoms in total. The molecule has 0 bridgehead atoms. The molecular formula is C28H38Cl2N4O3. The molecule has 2 aromatic carbocycles. The third kappa shape index (κ3) is 7.38. The summed E-state index contributed by atoms with van der Waals surface area (Å²) in [5.74, 6) is 1.39. The molecular weight excluding hydrogens is 511 g/mol. The van der Waals surface area contributed by atoms with Gasteiger partial charge in [0.15, 0.2) is 0 Å². The van der Waals surface area contributed by atoms with Crippen LogP contribution in [-0.4, -0.2) is 54.0 Å². The second kappa shape index (κ2) is 13.0. The molecule has 37 heavy (non-hydrogen) atoms. The first-order valence-electron chi connectivity index (χ1n) is 12.8. The second-order valence-corrected chi connectivity index (χ2v) is 10.3.